The summed E-state index contributed by atoms with van der Waals surface area (Å²) in [7, 11) is 0. The molecule has 0 atom stereocenters. The minimum atomic E-state index is 0.0475. The lowest BCUT2D eigenvalue weighted by atomic mass is 10.0. The molecule has 3 nitrogen and oxygen atoms in total. The van der Waals surface area contributed by atoms with Crippen molar-refractivity contribution in [2.24, 2.45) is 10.2 Å². The lowest BCUT2D eigenvalue weighted by Gasteiger charge is -2.03. The summed E-state index contributed by atoms with van der Waals surface area (Å²) in [5.74, 6) is 6.50. The highest BCUT2D eigenvalue weighted by molar-refractivity contribution is 6.07. The molecule has 376 valence electrons. The van der Waals surface area contributed by atoms with E-state index in [-0.39, 0.29) is 5.78 Å². The van der Waals surface area contributed by atoms with Crippen LogP contribution in [0.15, 0.2) is 162 Å². The predicted molar refractivity (Wildman–Crippen MR) is 320 cm³/mol. The van der Waals surface area contributed by atoms with Gasteiger partial charge in [-0.25, -0.2) is 0 Å². The molecule has 0 unspecified atom stereocenters. The molecule has 0 aliphatic rings. The molecule has 0 spiro atoms. The van der Waals surface area contributed by atoms with E-state index in [0.717, 1.165) is 39.2 Å². The Labute approximate surface area is 444 Å². The molecular weight excluding hydrogens is 897 g/mol. The molecule has 0 aromatic heterocycles. The molecule has 8 aromatic carbocycles. The van der Waals surface area contributed by atoms with Crippen LogP contribution in [0.2, 0.25) is 0 Å². The van der Waals surface area contributed by atoms with Gasteiger partial charge in [0.25, 0.3) is 0 Å². The van der Waals surface area contributed by atoms with Crippen molar-refractivity contribution < 1.29 is 4.79 Å². The smallest absolute Gasteiger partial charge is 0.185 e. The monoisotopic (exact) mass is 973 g/mol. The van der Waals surface area contributed by atoms with Crippen LogP contribution in [0.4, 0.5) is 11.4 Å². The van der Waals surface area contributed by atoms with Gasteiger partial charge in [-0.05, 0) is 277 Å². The zero-order valence-corrected chi connectivity index (χ0v) is 47.0. The van der Waals surface area contributed by atoms with E-state index in [0.29, 0.717) is 0 Å². The molecule has 3 heteroatoms. The first-order valence-corrected chi connectivity index (χ1v) is 25.6. The molecule has 0 saturated heterocycles. The van der Waals surface area contributed by atoms with Crippen molar-refractivity contribution in [1.29, 1.82) is 0 Å². The van der Waals surface area contributed by atoms with Gasteiger partial charge in [0.05, 0.1) is 11.4 Å². The Morgan fingerprint density at radius 1 is 0.297 bits per heavy atom. The summed E-state index contributed by atoms with van der Waals surface area (Å²) in [6, 6.07) is 50.1. The van der Waals surface area contributed by atoms with Crippen LogP contribution in [0.5, 0.6) is 0 Å². The first-order valence-electron chi connectivity index (χ1n) is 25.6. The van der Waals surface area contributed by atoms with Gasteiger partial charge in [-0.3, -0.25) is 4.79 Å². The van der Waals surface area contributed by atoms with Gasteiger partial charge in [0.15, 0.2) is 5.78 Å². The highest BCUT2D eigenvalue weighted by Gasteiger charge is 2.04. The zero-order chi connectivity index (χ0) is 54.1. The fourth-order valence-corrected chi connectivity index (χ4v) is 7.43. The van der Waals surface area contributed by atoms with Crippen molar-refractivity contribution in [2.45, 2.75) is 111 Å². The maximum atomic E-state index is 12.1. The lowest BCUT2D eigenvalue weighted by Crippen LogP contribution is -1.95. The molecule has 0 N–H and O–H groups in total. The molecule has 8 aromatic rings. The Bertz CT molecular complexity index is 3150. The van der Waals surface area contributed by atoms with Crippen molar-refractivity contribution in [1.82, 2.24) is 0 Å². The van der Waals surface area contributed by atoms with Crippen LogP contribution >= 0.6 is 0 Å². The number of ketones is 1. The summed E-state index contributed by atoms with van der Waals surface area (Å²) in [6.45, 7) is 33.7. The molecule has 0 aliphatic heterocycles. The number of hydrogen-bond acceptors (Lipinski definition) is 3. The molecule has 0 radical (unpaired) electrons. The van der Waals surface area contributed by atoms with E-state index in [1.165, 1.54) is 94.6 Å². The third-order valence-corrected chi connectivity index (χ3v) is 13.9. The van der Waals surface area contributed by atoms with Crippen molar-refractivity contribution in [3.8, 4) is 11.8 Å². The van der Waals surface area contributed by atoms with Crippen molar-refractivity contribution in [2.75, 3.05) is 0 Å². The number of hydrogen-bond donors (Lipinski definition) is 0. The second-order valence-corrected chi connectivity index (χ2v) is 19.9. The largest absolute Gasteiger partial charge is 0.289 e. The highest BCUT2D eigenvalue weighted by Crippen LogP contribution is 2.23. The second-order valence-electron chi connectivity index (χ2n) is 19.9. The minimum absolute atomic E-state index is 0.0475. The molecule has 0 heterocycles. The van der Waals surface area contributed by atoms with E-state index < -0.39 is 0 Å². The summed E-state index contributed by atoms with van der Waals surface area (Å²) in [5, 5.41) is 8.55. The lowest BCUT2D eigenvalue weighted by molar-refractivity contribution is 0.104. The van der Waals surface area contributed by atoms with Crippen molar-refractivity contribution in [3.63, 3.8) is 0 Å². The maximum absolute atomic E-state index is 12.1. The van der Waals surface area contributed by atoms with Crippen LogP contribution in [-0.2, 0) is 0 Å². The highest BCUT2D eigenvalue weighted by atomic mass is 16.1. The first-order chi connectivity index (χ1) is 35.1. The average molecular weight is 973 g/mol. The zero-order valence-electron chi connectivity index (χ0n) is 47.0. The summed E-state index contributed by atoms with van der Waals surface area (Å²) in [6.07, 6.45) is 7.88. The Morgan fingerprint density at radius 3 is 0.905 bits per heavy atom. The molecule has 74 heavy (non-hydrogen) atoms. The van der Waals surface area contributed by atoms with Gasteiger partial charge < -0.3 is 0 Å². The molecule has 8 rings (SSSR count). The van der Waals surface area contributed by atoms with Crippen LogP contribution in [-0.4, -0.2) is 5.78 Å². The van der Waals surface area contributed by atoms with Gasteiger partial charge in [-0.15, -0.1) is 0 Å². The van der Waals surface area contributed by atoms with Gasteiger partial charge >= 0.3 is 0 Å². The third kappa shape index (κ3) is 17.7. The minimum Gasteiger partial charge on any atom is -0.289 e. The standard InChI is InChI=1S/C19H20O.C18H20.C18H18.C16H18N2/c1-13-5-7-17(11-15(13)3)8-10-19(20)18-9-6-14(2)16(4)12-18;2*1-13-5-7-17(11-15(13)3)9-10-18-8-6-14(2)16(4)12-18;1-11-5-7-15(9-13(11)3)17-18-16-8-6-12(2)14(4)10-16/h5-12H,1-4H3;5-12H,1-4H3;5-8,11-12H,1-4H3;5-10H,1-4H3. The van der Waals surface area contributed by atoms with Crippen LogP contribution < -0.4 is 0 Å². The van der Waals surface area contributed by atoms with Crippen LogP contribution in [0, 0.1) is 123 Å². The SMILES string of the molecule is Cc1ccc(C#Cc2ccc(C)c(C)c2)cc1C.Cc1ccc(C=CC(=O)c2ccc(C)c(C)c2)cc1C.Cc1ccc(C=Cc2ccc(C)c(C)c2)cc1C.Cc1ccc(N=Nc2ccc(C)c(C)c2)cc1C. The Kier molecular flexibility index (Phi) is 21.0. The number of azo groups is 1. The van der Waals surface area contributed by atoms with Crippen LogP contribution in [0.25, 0.3) is 18.2 Å². The molecule has 0 amide bonds. The number of nitrogens with zero attached hydrogens (tertiary/aromatic N) is 2. The van der Waals surface area contributed by atoms with E-state index >= 15 is 0 Å². The van der Waals surface area contributed by atoms with Crippen molar-refractivity contribution in [3.05, 3.63) is 274 Å². The summed E-state index contributed by atoms with van der Waals surface area (Å²) in [5.41, 5.74) is 28.8. The van der Waals surface area contributed by atoms with E-state index in [2.05, 4.69) is 247 Å². The van der Waals surface area contributed by atoms with Gasteiger partial charge in [-0.2, -0.15) is 10.2 Å². The van der Waals surface area contributed by atoms with Gasteiger partial charge in [0.2, 0.25) is 0 Å². The summed E-state index contributed by atoms with van der Waals surface area (Å²) in [4.78, 5) is 12.1. The topological polar surface area (TPSA) is 41.8 Å². The number of rotatable bonds is 7. The molecular formula is C71H76N2O. The summed E-state index contributed by atoms with van der Waals surface area (Å²) < 4.78 is 0. The molecule has 0 fully saturated rings. The number of carbonyl (C=O) groups is 1. The fraction of sp³-hybridized carbons (Fsp3) is 0.225. The molecule has 0 bridgehead atoms. The Balaban J connectivity index is 0.000000183. The Morgan fingerprint density at radius 2 is 0.581 bits per heavy atom. The molecule has 0 aliphatic carbocycles. The van der Waals surface area contributed by atoms with Crippen molar-refractivity contribution >= 4 is 35.4 Å². The number of allylic oxidation sites excluding steroid dienone is 1. The van der Waals surface area contributed by atoms with E-state index in [1.54, 1.807) is 6.08 Å². The fourth-order valence-electron chi connectivity index (χ4n) is 7.43. The predicted octanol–water partition coefficient (Wildman–Crippen LogP) is 19.6. The number of aryl methyl sites for hydroxylation is 16. The quantitative estimate of drug-likeness (QED) is 0.0516. The maximum Gasteiger partial charge on any atom is 0.185 e. The second kappa shape index (κ2) is 27.2. The number of benzene rings is 8. The number of carbonyl (C=O) groups excluding carboxylic acids is 1. The van der Waals surface area contributed by atoms with E-state index in [4.69, 9.17) is 0 Å². The van der Waals surface area contributed by atoms with Crippen LogP contribution in [0.1, 0.15) is 127 Å². The Hall–Kier alpha value is -7.93. The van der Waals surface area contributed by atoms with E-state index in [9.17, 15) is 4.79 Å². The van der Waals surface area contributed by atoms with Crippen LogP contribution in [0.3, 0.4) is 0 Å². The third-order valence-electron chi connectivity index (χ3n) is 13.9. The summed E-state index contributed by atoms with van der Waals surface area (Å²) >= 11 is 0. The van der Waals surface area contributed by atoms with Gasteiger partial charge in [0, 0.05) is 16.7 Å². The van der Waals surface area contributed by atoms with Gasteiger partial charge in [0.1, 0.15) is 0 Å². The van der Waals surface area contributed by atoms with E-state index in [1.807, 2.05) is 49.4 Å². The normalized spacial score (nSPS) is 10.8. The molecule has 0 saturated carbocycles. The average Bonchev–Trinajstić information content (AvgIpc) is 3.37. The van der Waals surface area contributed by atoms with Gasteiger partial charge in [-0.1, -0.05) is 121 Å². The first kappa shape index (κ1) is 57.0.